The molecule has 20 heavy (non-hydrogen) atoms. The van der Waals surface area contributed by atoms with Crippen molar-refractivity contribution in [1.29, 1.82) is 0 Å². The van der Waals surface area contributed by atoms with E-state index < -0.39 is 10.0 Å². The van der Waals surface area contributed by atoms with Crippen molar-refractivity contribution in [2.24, 2.45) is 5.14 Å². The van der Waals surface area contributed by atoms with Crippen molar-refractivity contribution in [1.82, 2.24) is 0 Å². The van der Waals surface area contributed by atoms with E-state index in [0.29, 0.717) is 15.9 Å². The molecule has 0 aliphatic rings. The first-order chi connectivity index (χ1) is 9.27. The third-order valence-corrected chi connectivity index (χ3v) is 4.03. The molecule has 108 valence electrons. The molecule has 0 bridgehead atoms. The van der Waals surface area contributed by atoms with Crippen LogP contribution in [-0.4, -0.2) is 8.42 Å². The van der Waals surface area contributed by atoms with Crippen molar-refractivity contribution in [2.45, 2.75) is 18.6 Å². The summed E-state index contributed by atoms with van der Waals surface area (Å²) in [6, 6.07) is 5.80. The quantitative estimate of drug-likeness (QED) is 0.875. The normalized spacial score (nSPS) is 11.6. The van der Waals surface area contributed by atoms with Crippen molar-refractivity contribution in [2.75, 3.05) is 5.32 Å². The summed E-state index contributed by atoms with van der Waals surface area (Å²) >= 11 is 3.10. The van der Waals surface area contributed by atoms with Gasteiger partial charge < -0.3 is 9.73 Å². The molecule has 8 heteroatoms. The van der Waals surface area contributed by atoms with Gasteiger partial charge in [0.05, 0.1) is 11.0 Å². The van der Waals surface area contributed by atoms with Crippen LogP contribution in [0.5, 0.6) is 0 Å². The highest BCUT2D eigenvalue weighted by molar-refractivity contribution is 9.10. The van der Waals surface area contributed by atoms with E-state index in [1.165, 1.54) is 18.2 Å². The Morgan fingerprint density at radius 1 is 1.40 bits per heavy atom. The lowest BCUT2D eigenvalue weighted by Crippen LogP contribution is -2.10. The van der Waals surface area contributed by atoms with Gasteiger partial charge in [-0.05, 0) is 52.7 Å². The first-order valence-electron chi connectivity index (χ1n) is 5.58. The smallest absolute Gasteiger partial charge is 0.271 e. The molecule has 0 spiro atoms. The Kier molecular flexibility index (Phi) is 4.17. The first kappa shape index (κ1) is 15.0. The molecule has 5 nitrogen and oxygen atoms in total. The molecule has 2 rings (SSSR count). The summed E-state index contributed by atoms with van der Waals surface area (Å²) in [5, 5.41) is 7.70. The molecule has 2 aromatic rings. The number of halogens is 2. The number of rotatable bonds is 4. The van der Waals surface area contributed by atoms with Gasteiger partial charge in [-0.25, -0.2) is 17.9 Å². The zero-order valence-electron chi connectivity index (χ0n) is 10.5. The average molecular weight is 363 g/mol. The second kappa shape index (κ2) is 5.55. The van der Waals surface area contributed by atoms with E-state index >= 15 is 0 Å². The number of anilines is 1. The number of hydrogen-bond acceptors (Lipinski definition) is 4. The molecule has 0 aliphatic heterocycles. The van der Waals surface area contributed by atoms with E-state index in [-0.39, 0.29) is 17.5 Å². The van der Waals surface area contributed by atoms with Gasteiger partial charge in [-0.15, -0.1) is 0 Å². The number of hydrogen-bond donors (Lipinski definition) is 2. The van der Waals surface area contributed by atoms with E-state index in [9.17, 15) is 12.8 Å². The van der Waals surface area contributed by atoms with Crippen molar-refractivity contribution >= 4 is 31.6 Å². The summed E-state index contributed by atoms with van der Waals surface area (Å²) in [4.78, 5) is 0. The van der Waals surface area contributed by atoms with Crippen molar-refractivity contribution in [3.05, 3.63) is 45.9 Å². The Hall–Kier alpha value is -1.38. The first-order valence-corrected chi connectivity index (χ1v) is 7.92. The number of nitrogens with two attached hydrogens (primary N) is 1. The Morgan fingerprint density at radius 3 is 2.70 bits per heavy atom. The Labute approximate surface area is 124 Å². The number of benzene rings is 1. The molecular formula is C12H12BrFN2O3S. The third-order valence-electron chi connectivity index (χ3n) is 2.64. The highest BCUT2D eigenvalue weighted by Crippen LogP contribution is 2.25. The summed E-state index contributed by atoms with van der Waals surface area (Å²) < 4.78 is 40.9. The van der Waals surface area contributed by atoms with Crippen LogP contribution >= 0.6 is 15.9 Å². The molecule has 0 fully saturated rings. The number of aryl methyl sites for hydroxylation is 1. The monoisotopic (exact) mass is 362 g/mol. The molecule has 0 saturated carbocycles. The Bertz CT molecular complexity index is 743. The molecule has 0 unspecified atom stereocenters. The molecule has 0 atom stereocenters. The zero-order valence-corrected chi connectivity index (χ0v) is 12.9. The van der Waals surface area contributed by atoms with Crippen LogP contribution in [0.15, 0.2) is 38.2 Å². The summed E-state index contributed by atoms with van der Waals surface area (Å²) in [7, 11) is -3.84. The SMILES string of the molecule is Cc1cc(F)c(Br)cc1NCc1ccc(S(N)(=O)=O)o1. The summed E-state index contributed by atoms with van der Waals surface area (Å²) in [5.74, 6) is 0.0661. The van der Waals surface area contributed by atoms with E-state index in [2.05, 4.69) is 21.2 Å². The van der Waals surface area contributed by atoms with Crippen molar-refractivity contribution in [3.63, 3.8) is 0 Å². The molecule has 1 heterocycles. The lowest BCUT2D eigenvalue weighted by Gasteiger charge is -2.09. The lowest BCUT2D eigenvalue weighted by atomic mass is 10.2. The molecule has 0 aliphatic carbocycles. The topological polar surface area (TPSA) is 85.3 Å². The molecule has 0 saturated heterocycles. The number of nitrogens with one attached hydrogen (secondary N) is 1. The Balaban J connectivity index is 2.13. The second-order valence-electron chi connectivity index (χ2n) is 4.20. The van der Waals surface area contributed by atoms with Gasteiger partial charge in [0.25, 0.3) is 10.0 Å². The summed E-state index contributed by atoms with van der Waals surface area (Å²) in [5.41, 5.74) is 1.44. The highest BCUT2D eigenvalue weighted by Gasteiger charge is 2.13. The summed E-state index contributed by atoms with van der Waals surface area (Å²) in [6.45, 7) is 2.02. The predicted octanol–water partition coefficient (Wildman–Crippen LogP) is 2.75. The minimum atomic E-state index is -3.84. The minimum Gasteiger partial charge on any atom is -0.446 e. The van der Waals surface area contributed by atoms with E-state index in [0.717, 1.165) is 5.56 Å². The number of primary sulfonamides is 1. The van der Waals surface area contributed by atoms with Gasteiger partial charge in [0.1, 0.15) is 11.6 Å². The molecule has 3 N–H and O–H groups in total. The third kappa shape index (κ3) is 3.38. The molecular weight excluding hydrogens is 351 g/mol. The van der Waals surface area contributed by atoms with Crippen LogP contribution in [0.2, 0.25) is 0 Å². The maximum atomic E-state index is 13.3. The van der Waals surface area contributed by atoms with Crippen molar-refractivity contribution < 1.29 is 17.2 Å². The van der Waals surface area contributed by atoms with Gasteiger partial charge in [0.15, 0.2) is 0 Å². The largest absolute Gasteiger partial charge is 0.446 e. The van der Waals surface area contributed by atoms with Crippen LogP contribution in [0.3, 0.4) is 0 Å². The van der Waals surface area contributed by atoms with Gasteiger partial charge in [-0.3, -0.25) is 0 Å². The average Bonchev–Trinajstić information content (AvgIpc) is 2.80. The van der Waals surface area contributed by atoms with Crippen LogP contribution in [0.25, 0.3) is 0 Å². The second-order valence-corrected chi connectivity index (χ2v) is 6.55. The van der Waals surface area contributed by atoms with Gasteiger partial charge in [-0.2, -0.15) is 0 Å². The fraction of sp³-hybridized carbons (Fsp3) is 0.167. The predicted molar refractivity (Wildman–Crippen MR) is 76.2 cm³/mol. The lowest BCUT2D eigenvalue weighted by molar-refractivity contribution is 0.419. The van der Waals surface area contributed by atoms with Crippen LogP contribution < -0.4 is 10.5 Å². The van der Waals surface area contributed by atoms with E-state index in [1.54, 1.807) is 13.0 Å². The maximum absolute atomic E-state index is 13.3. The molecule has 1 aromatic carbocycles. The molecule has 0 amide bonds. The van der Waals surface area contributed by atoms with Crippen molar-refractivity contribution in [3.8, 4) is 0 Å². The van der Waals surface area contributed by atoms with Crippen LogP contribution in [0.4, 0.5) is 10.1 Å². The van der Waals surface area contributed by atoms with Gasteiger partial charge in [-0.1, -0.05) is 0 Å². The fourth-order valence-corrected chi connectivity index (χ4v) is 2.45. The minimum absolute atomic E-state index is 0.258. The van der Waals surface area contributed by atoms with Crippen LogP contribution in [0, 0.1) is 12.7 Å². The zero-order chi connectivity index (χ0) is 14.9. The maximum Gasteiger partial charge on any atom is 0.271 e. The van der Waals surface area contributed by atoms with Gasteiger partial charge >= 0.3 is 0 Å². The van der Waals surface area contributed by atoms with E-state index in [1.807, 2.05) is 0 Å². The molecule has 1 aromatic heterocycles. The number of furan rings is 1. The van der Waals surface area contributed by atoms with Crippen LogP contribution in [-0.2, 0) is 16.6 Å². The standard InChI is InChI=1S/C12H12BrFN2O3S/c1-7-4-10(14)9(13)5-11(7)16-6-8-2-3-12(19-8)20(15,17)18/h2-5,16H,6H2,1H3,(H2,15,17,18). The fourth-order valence-electron chi connectivity index (χ4n) is 1.63. The van der Waals surface area contributed by atoms with Gasteiger partial charge in [0, 0.05) is 5.69 Å². The van der Waals surface area contributed by atoms with Crippen LogP contribution in [0.1, 0.15) is 11.3 Å². The van der Waals surface area contributed by atoms with E-state index in [4.69, 9.17) is 9.56 Å². The molecule has 0 radical (unpaired) electrons. The Morgan fingerprint density at radius 2 is 2.10 bits per heavy atom. The highest BCUT2D eigenvalue weighted by atomic mass is 79.9. The summed E-state index contributed by atoms with van der Waals surface area (Å²) in [6.07, 6.45) is 0. The number of sulfonamides is 1. The van der Waals surface area contributed by atoms with Gasteiger partial charge in [0.2, 0.25) is 5.09 Å².